The van der Waals surface area contributed by atoms with Crippen molar-refractivity contribution in [1.29, 1.82) is 0 Å². The third-order valence-electron chi connectivity index (χ3n) is 3.00. The molecule has 2 rings (SSSR count). The summed E-state index contributed by atoms with van der Waals surface area (Å²) in [7, 11) is 1.57. The molecule has 1 aromatic carbocycles. The molecule has 1 aromatic rings. The smallest absolute Gasteiger partial charge is 0.414 e. The molecule has 18 heavy (non-hydrogen) atoms. The fraction of sp³-hybridized carbons (Fsp3) is 0.462. The first-order chi connectivity index (χ1) is 8.67. The number of carbonyl (C=O) groups excluding carboxylic acids is 1. The minimum atomic E-state index is -0.569. The number of ether oxygens (including phenoxy) is 2. The molecule has 1 N–H and O–H groups in total. The van der Waals surface area contributed by atoms with Crippen LogP contribution in [0.25, 0.3) is 0 Å². The van der Waals surface area contributed by atoms with Crippen molar-refractivity contribution in [2.45, 2.75) is 19.4 Å². The van der Waals surface area contributed by atoms with Gasteiger partial charge >= 0.3 is 6.09 Å². The van der Waals surface area contributed by atoms with Crippen LogP contribution < -0.4 is 9.64 Å². The van der Waals surface area contributed by atoms with E-state index >= 15 is 0 Å². The Morgan fingerprint density at radius 2 is 2.33 bits per heavy atom. The van der Waals surface area contributed by atoms with Crippen LogP contribution >= 0.6 is 0 Å². The monoisotopic (exact) mass is 251 g/mol. The van der Waals surface area contributed by atoms with Crippen molar-refractivity contribution in [1.82, 2.24) is 0 Å². The Bertz CT molecular complexity index is 447. The van der Waals surface area contributed by atoms with E-state index in [-0.39, 0.29) is 6.09 Å². The summed E-state index contributed by atoms with van der Waals surface area (Å²) in [6, 6.07) is 5.29. The SMILES string of the molecule is CCOC(=O)N1CCC(O)c2cc(OC)ccc21. The van der Waals surface area contributed by atoms with Gasteiger partial charge in [0.05, 0.1) is 25.5 Å². The van der Waals surface area contributed by atoms with E-state index < -0.39 is 6.10 Å². The maximum Gasteiger partial charge on any atom is 0.414 e. The molecule has 1 aliphatic rings. The Morgan fingerprint density at radius 1 is 1.56 bits per heavy atom. The zero-order valence-corrected chi connectivity index (χ0v) is 10.5. The lowest BCUT2D eigenvalue weighted by Gasteiger charge is -2.31. The number of nitrogens with zero attached hydrogens (tertiary/aromatic N) is 1. The molecule has 0 aliphatic carbocycles. The molecule has 5 heteroatoms. The van der Waals surface area contributed by atoms with E-state index in [1.165, 1.54) is 0 Å². The van der Waals surface area contributed by atoms with E-state index in [1.54, 1.807) is 37.1 Å². The third kappa shape index (κ3) is 2.26. The normalized spacial score (nSPS) is 18.2. The lowest BCUT2D eigenvalue weighted by Crippen LogP contribution is -2.37. The average molecular weight is 251 g/mol. The van der Waals surface area contributed by atoms with Crippen LogP contribution in [-0.4, -0.2) is 31.5 Å². The molecule has 1 heterocycles. The van der Waals surface area contributed by atoms with Gasteiger partial charge in [0.15, 0.2) is 0 Å². The molecule has 0 saturated carbocycles. The number of anilines is 1. The molecule has 98 valence electrons. The predicted octanol–water partition coefficient (Wildman–Crippen LogP) is 2.10. The highest BCUT2D eigenvalue weighted by molar-refractivity contribution is 5.89. The Labute approximate surface area is 106 Å². The van der Waals surface area contributed by atoms with Gasteiger partial charge in [-0.25, -0.2) is 4.79 Å². The van der Waals surface area contributed by atoms with Crippen molar-refractivity contribution >= 4 is 11.8 Å². The lowest BCUT2D eigenvalue weighted by atomic mass is 9.99. The van der Waals surface area contributed by atoms with Gasteiger partial charge in [0, 0.05) is 12.1 Å². The zero-order chi connectivity index (χ0) is 13.1. The molecule has 0 spiro atoms. The van der Waals surface area contributed by atoms with Crippen molar-refractivity contribution in [2.24, 2.45) is 0 Å². The van der Waals surface area contributed by atoms with E-state index in [1.807, 2.05) is 0 Å². The van der Waals surface area contributed by atoms with Gasteiger partial charge < -0.3 is 14.6 Å². The molecule has 0 radical (unpaired) electrons. The Balaban J connectivity index is 2.35. The fourth-order valence-electron chi connectivity index (χ4n) is 2.09. The van der Waals surface area contributed by atoms with Gasteiger partial charge in [-0.1, -0.05) is 0 Å². The first-order valence-electron chi connectivity index (χ1n) is 5.97. The van der Waals surface area contributed by atoms with Crippen LogP contribution in [0.5, 0.6) is 5.75 Å². The summed E-state index contributed by atoms with van der Waals surface area (Å²) in [6.07, 6.45) is -0.449. The van der Waals surface area contributed by atoms with Crippen molar-refractivity contribution in [3.8, 4) is 5.75 Å². The summed E-state index contributed by atoms with van der Waals surface area (Å²) in [4.78, 5) is 13.4. The Hall–Kier alpha value is -1.75. The first-order valence-corrected chi connectivity index (χ1v) is 5.97. The fourth-order valence-corrected chi connectivity index (χ4v) is 2.09. The van der Waals surface area contributed by atoms with Crippen molar-refractivity contribution in [3.05, 3.63) is 23.8 Å². The lowest BCUT2D eigenvalue weighted by molar-refractivity contribution is 0.146. The van der Waals surface area contributed by atoms with Gasteiger partial charge in [0.2, 0.25) is 0 Å². The number of rotatable bonds is 2. The highest BCUT2D eigenvalue weighted by atomic mass is 16.6. The number of benzene rings is 1. The second-order valence-electron chi connectivity index (χ2n) is 4.08. The molecule has 0 bridgehead atoms. The van der Waals surface area contributed by atoms with E-state index in [9.17, 15) is 9.90 Å². The summed E-state index contributed by atoms with van der Waals surface area (Å²) in [5, 5.41) is 9.98. The van der Waals surface area contributed by atoms with Crippen LogP contribution in [0.15, 0.2) is 18.2 Å². The highest BCUT2D eigenvalue weighted by Gasteiger charge is 2.28. The van der Waals surface area contributed by atoms with E-state index in [4.69, 9.17) is 9.47 Å². The molecular formula is C13H17NO4. The Morgan fingerprint density at radius 3 is 3.00 bits per heavy atom. The maximum absolute atomic E-state index is 11.8. The summed E-state index contributed by atoms with van der Waals surface area (Å²) in [6.45, 7) is 2.56. The summed E-state index contributed by atoms with van der Waals surface area (Å²) in [5.41, 5.74) is 1.39. The van der Waals surface area contributed by atoms with Crippen molar-refractivity contribution in [3.63, 3.8) is 0 Å². The summed E-state index contributed by atoms with van der Waals surface area (Å²) >= 11 is 0. The number of aliphatic hydroxyl groups is 1. The van der Waals surface area contributed by atoms with Crippen molar-refractivity contribution < 1.29 is 19.4 Å². The topological polar surface area (TPSA) is 59.0 Å². The van der Waals surface area contributed by atoms with Gasteiger partial charge in [-0.3, -0.25) is 4.90 Å². The van der Waals surface area contributed by atoms with Crippen LogP contribution in [0.2, 0.25) is 0 Å². The maximum atomic E-state index is 11.8. The first kappa shape index (κ1) is 12.7. The molecule has 1 unspecified atom stereocenters. The highest BCUT2D eigenvalue weighted by Crippen LogP contribution is 2.36. The van der Waals surface area contributed by atoms with Crippen LogP contribution in [0.1, 0.15) is 25.0 Å². The molecule has 1 aliphatic heterocycles. The number of methoxy groups -OCH3 is 1. The van der Waals surface area contributed by atoms with Crippen LogP contribution in [0.4, 0.5) is 10.5 Å². The average Bonchev–Trinajstić information content (AvgIpc) is 2.39. The second-order valence-corrected chi connectivity index (χ2v) is 4.08. The predicted molar refractivity (Wildman–Crippen MR) is 66.9 cm³/mol. The van der Waals surface area contributed by atoms with E-state index in [0.717, 1.165) is 0 Å². The van der Waals surface area contributed by atoms with Crippen LogP contribution in [0.3, 0.4) is 0 Å². The summed E-state index contributed by atoms with van der Waals surface area (Å²) < 4.78 is 10.1. The minimum absolute atomic E-state index is 0.337. The van der Waals surface area contributed by atoms with Gasteiger partial charge in [0.1, 0.15) is 5.75 Å². The number of hydrogen-bond donors (Lipinski definition) is 1. The zero-order valence-electron chi connectivity index (χ0n) is 10.5. The molecule has 1 amide bonds. The number of hydrogen-bond acceptors (Lipinski definition) is 4. The molecule has 0 aromatic heterocycles. The second kappa shape index (κ2) is 5.27. The van der Waals surface area contributed by atoms with Gasteiger partial charge in [-0.05, 0) is 31.5 Å². The van der Waals surface area contributed by atoms with Crippen LogP contribution in [0, 0.1) is 0 Å². The van der Waals surface area contributed by atoms with Gasteiger partial charge in [0.25, 0.3) is 0 Å². The quantitative estimate of drug-likeness (QED) is 0.874. The molecular weight excluding hydrogens is 234 g/mol. The third-order valence-corrected chi connectivity index (χ3v) is 3.00. The van der Waals surface area contributed by atoms with Gasteiger partial charge in [-0.15, -0.1) is 0 Å². The standard InChI is InChI=1S/C13H17NO4/c1-3-18-13(16)14-7-6-12(15)10-8-9(17-2)4-5-11(10)14/h4-5,8,12,15H,3,6-7H2,1-2H3. The van der Waals surface area contributed by atoms with E-state index in [2.05, 4.69) is 0 Å². The van der Waals surface area contributed by atoms with Crippen LogP contribution in [-0.2, 0) is 4.74 Å². The Kier molecular flexibility index (Phi) is 3.72. The largest absolute Gasteiger partial charge is 0.497 e. The molecule has 5 nitrogen and oxygen atoms in total. The number of aliphatic hydroxyl groups excluding tert-OH is 1. The molecule has 0 fully saturated rings. The summed E-state index contributed by atoms with van der Waals surface area (Å²) in [5.74, 6) is 0.665. The van der Waals surface area contributed by atoms with Crippen molar-refractivity contribution in [2.75, 3.05) is 25.2 Å². The number of amides is 1. The molecule has 1 atom stereocenters. The van der Waals surface area contributed by atoms with Gasteiger partial charge in [-0.2, -0.15) is 0 Å². The molecule has 0 saturated heterocycles. The number of carbonyl (C=O) groups is 1. The minimum Gasteiger partial charge on any atom is -0.497 e. The number of fused-ring (bicyclic) bond motifs is 1. The van der Waals surface area contributed by atoms with E-state index in [0.29, 0.717) is 36.6 Å².